The molecule has 2 atom stereocenters. The van der Waals surface area contributed by atoms with E-state index in [0.717, 1.165) is 10.0 Å². The molecule has 4 heteroatoms. The number of halogens is 1. The lowest BCUT2D eigenvalue weighted by atomic mass is 10.0. The first-order chi connectivity index (χ1) is 8.52. The highest BCUT2D eigenvalue weighted by Crippen LogP contribution is 2.27. The topological polar surface area (TPSA) is 44.5 Å². The van der Waals surface area contributed by atoms with E-state index >= 15 is 0 Å². The minimum Gasteiger partial charge on any atom is -0.376 e. The number of hydrogen-bond acceptors (Lipinski definition) is 3. The van der Waals surface area contributed by atoms with Crippen molar-refractivity contribution in [3.63, 3.8) is 0 Å². The third-order valence-electron chi connectivity index (χ3n) is 2.52. The fraction of sp³-hybridized carbons (Fsp3) is 0.571. The van der Waals surface area contributed by atoms with Gasteiger partial charge in [0.15, 0.2) is 0 Å². The van der Waals surface area contributed by atoms with Crippen molar-refractivity contribution in [2.45, 2.75) is 39.0 Å². The van der Waals surface area contributed by atoms with Crippen molar-refractivity contribution in [1.29, 1.82) is 0 Å². The van der Waals surface area contributed by atoms with Gasteiger partial charge in [0.2, 0.25) is 0 Å². The molecule has 2 N–H and O–H groups in total. The van der Waals surface area contributed by atoms with Crippen LogP contribution in [-0.4, -0.2) is 25.4 Å². The van der Waals surface area contributed by atoms with Gasteiger partial charge < -0.3 is 15.2 Å². The van der Waals surface area contributed by atoms with Crippen LogP contribution in [0.4, 0.5) is 0 Å². The van der Waals surface area contributed by atoms with Crippen molar-refractivity contribution < 1.29 is 9.47 Å². The van der Waals surface area contributed by atoms with Gasteiger partial charge in [-0.1, -0.05) is 34.1 Å². The van der Waals surface area contributed by atoms with E-state index < -0.39 is 0 Å². The molecule has 1 rings (SSSR count). The van der Waals surface area contributed by atoms with Crippen molar-refractivity contribution in [2.24, 2.45) is 5.73 Å². The van der Waals surface area contributed by atoms with E-state index in [9.17, 15) is 0 Å². The Morgan fingerprint density at radius 1 is 1.11 bits per heavy atom. The molecule has 0 aliphatic carbocycles. The average Bonchev–Trinajstić information content (AvgIpc) is 2.30. The maximum Gasteiger partial charge on any atom is 0.0985 e. The highest BCUT2D eigenvalue weighted by Gasteiger charge is 2.19. The van der Waals surface area contributed by atoms with Gasteiger partial charge >= 0.3 is 0 Å². The quantitative estimate of drug-likeness (QED) is 0.785. The molecule has 2 unspecified atom stereocenters. The Morgan fingerprint density at radius 2 is 1.72 bits per heavy atom. The third kappa shape index (κ3) is 5.06. The van der Waals surface area contributed by atoms with Crippen LogP contribution < -0.4 is 5.73 Å². The van der Waals surface area contributed by atoms with Gasteiger partial charge in [0.25, 0.3) is 0 Å². The first kappa shape index (κ1) is 15.6. The van der Waals surface area contributed by atoms with Gasteiger partial charge in [-0.15, -0.1) is 0 Å². The van der Waals surface area contributed by atoms with Crippen LogP contribution in [0, 0.1) is 0 Å². The minimum atomic E-state index is -0.115. The van der Waals surface area contributed by atoms with Crippen molar-refractivity contribution in [3.8, 4) is 0 Å². The van der Waals surface area contributed by atoms with Crippen molar-refractivity contribution in [2.75, 3.05) is 13.2 Å². The molecular formula is C14H22BrNO2. The van der Waals surface area contributed by atoms with Gasteiger partial charge in [0, 0.05) is 10.5 Å². The second-order valence-electron chi connectivity index (χ2n) is 4.59. The Balaban J connectivity index is 2.58. The van der Waals surface area contributed by atoms with Crippen LogP contribution in [-0.2, 0) is 9.47 Å². The summed E-state index contributed by atoms with van der Waals surface area (Å²) in [6.07, 6.45) is 0.113. The Hall–Kier alpha value is -0.420. The highest BCUT2D eigenvalue weighted by molar-refractivity contribution is 9.10. The first-order valence-corrected chi connectivity index (χ1v) is 7.05. The fourth-order valence-corrected chi connectivity index (χ4v) is 2.20. The van der Waals surface area contributed by atoms with Gasteiger partial charge in [-0.05, 0) is 32.4 Å². The molecule has 0 aliphatic heterocycles. The van der Waals surface area contributed by atoms with Crippen molar-refractivity contribution in [3.05, 3.63) is 34.3 Å². The number of hydrogen-bond donors (Lipinski definition) is 1. The molecule has 0 saturated heterocycles. The Morgan fingerprint density at radius 3 is 2.28 bits per heavy atom. The molecule has 0 saturated carbocycles. The molecule has 0 amide bonds. The van der Waals surface area contributed by atoms with Crippen LogP contribution >= 0.6 is 15.9 Å². The zero-order chi connectivity index (χ0) is 13.5. The number of nitrogens with two attached hydrogens (primary N) is 1. The number of rotatable bonds is 7. The summed E-state index contributed by atoms with van der Waals surface area (Å²) in [6, 6.07) is 7.93. The summed E-state index contributed by atoms with van der Waals surface area (Å²) < 4.78 is 12.3. The average molecular weight is 316 g/mol. The van der Waals surface area contributed by atoms with Gasteiger partial charge in [0.1, 0.15) is 0 Å². The second kappa shape index (κ2) is 7.89. The molecule has 1 aromatic rings. The van der Waals surface area contributed by atoms with Crippen molar-refractivity contribution in [1.82, 2.24) is 0 Å². The van der Waals surface area contributed by atoms with Crippen LogP contribution in [0.15, 0.2) is 28.7 Å². The summed E-state index contributed by atoms with van der Waals surface area (Å²) >= 11 is 3.53. The molecule has 0 radical (unpaired) electrons. The monoisotopic (exact) mass is 315 g/mol. The maximum atomic E-state index is 5.99. The van der Waals surface area contributed by atoms with E-state index in [-0.39, 0.29) is 18.2 Å². The molecule has 0 aromatic heterocycles. The molecule has 0 aliphatic rings. The summed E-state index contributed by atoms with van der Waals surface area (Å²) in [5.41, 5.74) is 7.07. The summed E-state index contributed by atoms with van der Waals surface area (Å²) in [6.45, 7) is 7.11. The van der Waals surface area contributed by atoms with E-state index in [0.29, 0.717) is 13.2 Å². The summed E-state index contributed by atoms with van der Waals surface area (Å²) in [5, 5.41) is 0. The standard InChI is InChI=1S/C14H22BrNO2/c1-10(2)17-8-9-18-14(11(3)16)12-6-4-5-7-13(12)15/h4-7,10-11,14H,8-9,16H2,1-3H3. The van der Waals surface area contributed by atoms with E-state index in [1.165, 1.54) is 0 Å². The molecule has 0 bridgehead atoms. The lowest BCUT2D eigenvalue weighted by Crippen LogP contribution is -2.28. The lowest BCUT2D eigenvalue weighted by Gasteiger charge is -2.23. The molecule has 1 aromatic carbocycles. The van der Waals surface area contributed by atoms with E-state index in [2.05, 4.69) is 15.9 Å². The maximum absolute atomic E-state index is 5.99. The van der Waals surface area contributed by atoms with Gasteiger partial charge in [-0.25, -0.2) is 0 Å². The van der Waals surface area contributed by atoms with Gasteiger partial charge in [0.05, 0.1) is 25.4 Å². The summed E-state index contributed by atoms with van der Waals surface area (Å²) in [5.74, 6) is 0. The van der Waals surface area contributed by atoms with Gasteiger partial charge in [-0.3, -0.25) is 0 Å². The van der Waals surface area contributed by atoms with Crippen LogP contribution in [0.2, 0.25) is 0 Å². The molecule has 18 heavy (non-hydrogen) atoms. The number of benzene rings is 1. The predicted molar refractivity (Wildman–Crippen MR) is 77.6 cm³/mol. The van der Waals surface area contributed by atoms with Gasteiger partial charge in [-0.2, -0.15) is 0 Å². The fourth-order valence-electron chi connectivity index (χ4n) is 1.69. The van der Waals surface area contributed by atoms with E-state index in [1.54, 1.807) is 0 Å². The van der Waals surface area contributed by atoms with Crippen LogP contribution in [0.25, 0.3) is 0 Å². The molecule has 3 nitrogen and oxygen atoms in total. The summed E-state index contributed by atoms with van der Waals surface area (Å²) in [7, 11) is 0. The Kier molecular flexibility index (Phi) is 6.86. The van der Waals surface area contributed by atoms with E-state index in [1.807, 2.05) is 45.0 Å². The molecule has 0 heterocycles. The molecular weight excluding hydrogens is 294 g/mol. The first-order valence-electron chi connectivity index (χ1n) is 6.25. The zero-order valence-corrected chi connectivity index (χ0v) is 12.8. The van der Waals surface area contributed by atoms with Crippen LogP contribution in [0.3, 0.4) is 0 Å². The normalized spacial score (nSPS) is 14.8. The largest absolute Gasteiger partial charge is 0.376 e. The molecule has 0 fully saturated rings. The highest BCUT2D eigenvalue weighted by atomic mass is 79.9. The Bertz CT molecular complexity index is 355. The summed E-state index contributed by atoms with van der Waals surface area (Å²) in [4.78, 5) is 0. The molecule has 102 valence electrons. The molecule has 0 spiro atoms. The third-order valence-corrected chi connectivity index (χ3v) is 3.24. The minimum absolute atomic E-state index is 0.0669. The van der Waals surface area contributed by atoms with E-state index in [4.69, 9.17) is 15.2 Å². The zero-order valence-electron chi connectivity index (χ0n) is 11.2. The SMILES string of the molecule is CC(C)OCCOC(c1ccccc1Br)C(C)N. The Labute approximate surface area is 118 Å². The lowest BCUT2D eigenvalue weighted by molar-refractivity contribution is -0.0203. The predicted octanol–water partition coefficient (Wildman–Crippen LogP) is 3.28. The number of ether oxygens (including phenoxy) is 2. The smallest absolute Gasteiger partial charge is 0.0985 e. The van der Waals surface area contributed by atoms with Crippen molar-refractivity contribution >= 4 is 15.9 Å². The van der Waals surface area contributed by atoms with Crippen LogP contribution in [0.1, 0.15) is 32.4 Å². The second-order valence-corrected chi connectivity index (χ2v) is 5.45. The van der Waals surface area contributed by atoms with Crippen LogP contribution in [0.5, 0.6) is 0 Å².